The van der Waals surface area contributed by atoms with E-state index in [-0.39, 0.29) is 5.54 Å². The minimum absolute atomic E-state index is 0.277. The Labute approximate surface area is 92.9 Å². The van der Waals surface area contributed by atoms with Gasteiger partial charge in [-0.3, -0.25) is 0 Å². The summed E-state index contributed by atoms with van der Waals surface area (Å²) in [5, 5.41) is 3.47. The smallest absolute Gasteiger partial charge is 0.0206 e. The molecule has 2 rings (SSSR count). The largest absolute Gasteiger partial charge is 0.310 e. The molecule has 1 aromatic rings. The van der Waals surface area contributed by atoms with Crippen LogP contribution in [0.5, 0.6) is 0 Å². The van der Waals surface area contributed by atoms with Crippen LogP contribution < -0.4 is 5.32 Å². The van der Waals surface area contributed by atoms with Gasteiger partial charge in [-0.15, -0.1) is 0 Å². The molecule has 82 valence electrons. The van der Waals surface area contributed by atoms with Crippen molar-refractivity contribution in [2.75, 3.05) is 6.54 Å². The number of hydrogen-bond acceptors (Lipinski definition) is 1. The molecule has 0 amide bonds. The standard InChI is InChI=1S/C14H21N/c1-10(2)11-5-7-12(8-6-11)13-9-15-14(13,3)4/h5-8,10,13,15H,9H2,1-4H3. The van der Waals surface area contributed by atoms with Crippen LogP contribution in [0.3, 0.4) is 0 Å². The zero-order chi connectivity index (χ0) is 11.1. The van der Waals surface area contributed by atoms with Gasteiger partial charge in [0, 0.05) is 18.0 Å². The summed E-state index contributed by atoms with van der Waals surface area (Å²) in [5.74, 6) is 1.31. The lowest BCUT2D eigenvalue weighted by Gasteiger charge is -2.46. The molecule has 0 bridgehead atoms. The molecule has 1 atom stereocenters. The van der Waals surface area contributed by atoms with Gasteiger partial charge >= 0.3 is 0 Å². The zero-order valence-corrected chi connectivity index (χ0v) is 10.2. The first-order chi connectivity index (χ1) is 7.00. The van der Waals surface area contributed by atoms with Gasteiger partial charge < -0.3 is 5.32 Å². The van der Waals surface area contributed by atoms with Crippen molar-refractivity contribution in [1.82, 2.24) is 5.32 Å². The van der Waals surface area contributed by atoms with Crippen LogP contribution in [0.1, 0.15) is 50.7 Å². The Morgan fingerprint density at radius 2 is 1.80 bits per heavy atom. The molecule has 1 heteroatoms. The molecule has 1 saturated heterocycles. The summed E-state index contributed by atoms with van der Waals surface area (Å²) in [6, 6.07) is 9.13. The maximum atomic E-state index is 3.47. The Bertz CT molecular complexity index is 335. The van der Waals surface area contributed by atoms with Crippen molar-refractivity contribution in [3.05, 3.63) is 35.4 Å². The van der Waals surface area contributed by atoms with E-state index in [1.165, 1.54) is 11.1 Å². The molecule has 0 saturated carbocycles. The topological polar surface area (TPSA) is 12.0 Å². The van der Waals surface area contributed by atoms with Crippen LogP contribution >= 0.6 is 0 Å². The van der Waals surface area contributed by atoms with Gasteiger partial charge in [-0.25, -0.2) is 0 Å². The predicted molar refractivity (Wildman–Crippen MR) is 65.4 cm³/mol. The van der Waals surface area contributed by atoms with E-state index in [1.54, 1.807) is 0 Å². The molecule has 1 N–H and O–H groups in total. The highest BCUT2D eigenvalue weighted by Crippen LogP contribution is 2.35. The Hall–Kier alpha value is -0.820. The van der Waals surface area contributed by atoms with Gasteiger partial charge in [0.05, 0.1) is 0 Å². The fourth-order valence-electron chi connectivity index (χ4n) is 2.26. The SMILES string of the molecule is CC(C)c1ccc(C2CNC2(C)C)cc1. The number of hydrogen-bond donors (Lipinski definition) is 1. The van der Waals surface area contributed by atoms with Gasteiger partial charge in [0.25, 0.3) is 0 Å². The molecule has 1 heterocycles. The monoisotopic (exact) mass is 203 g/mol. The molecule has 1 fully saturated rings. The van der Waals surface area contributed by atoms with Crippen molar-refractivity contribution >= 4 is 0 Å². The third-order valence-electron chi connectivity index (χ3n) is 3.64. The summed E-state index contributed by atoms with van der Waals surface area (Å²) < 4.78 is 0. The molecule has 15 heavy (non-hydrogen) atoms. The molecule has 1 unspecified atom stereocenters. The van der Waals surface area contributed by atoms with Crippen molar-refractivity contribution in [2.45, 2.75) is 45.1 Å². The summed E-state index contributed by atoms with van der Waals surface area (Å²) in [6.07, 6.45) is 0. The summed E-state index contributed by atoms with van der Waals surface area (Å²) in [6.45, 7) is 10.1. The van der Waals surface area contributed by atoms with Crippen LogP contribution in [-0.4, -0.2) is 12.1 Å². The number of nitrogens with one attached hydrogen (secondary N) is 1. The molecule has 0 aliphatic carbocycles. The minimum atomic E-state index is 0.277. The van der Waals surface area contributed by atoms with Crippen LogP contribution in [0.25, 0.3) is 0 Å². The van der Waals surface area contributed by atoms with Crippen LogP contribution in [-0.2, 0) is 0 Å². The van der Waals surface area contributed by atoms with Gasteiger partial charge in [0.2, 0.25) is 0 Å². The fraction of sp³-hybridized carbons (Fsp3) is 0.571. The fourth-order valence-corrected chi connectivity index (χ4v) is 2.26. The first-order valence-corrected chi connectivity index (χ1v) is 5.85. The van der Waals surface area contributed by atoms with E-state index in [1.807, 2.05) is 0 Å². The lowest BCUT2D eigenvalue weighted by Crippen LogP contribution is -2.59. The Morgan fingerprint density at radius 1 is 1.20 bits per heavy atom. The Balaban J connectivity index is 2.17. The van der Waals surface area contributed by atoms with Crippen molar-refractivity contribution in [2.24, 2.45) is 0 Å². The highest BCUT2D eigenvalue weighted by molar-refractivity contribution is 5.31. The van der Waals surface area contributed by atoms with E-state index in [4.69, 9.17) is 0 Å². The summed E-state index contributed by atoms with van der Waals surface area (Å²) >= 11 is 0. The second kappa shape index (κ2) is 3.64. The van der Waals surface area contributed by atoms with Gasteiger partial charge in [0.1, 0.15) is 0 Å². The second-order valence-electron chi connectivity index (χ2n) is 5.48. The average molecular weight is 203 g/mol. The lowest BCUT2D eigenvalue weighted by atomic mass is 9.75. The van der Waals surface area contributed by atoms with Crippen LogP contribution in [0.4, 0.5) is 0 Å². The molecule has 0 radical (unpaired) electrons. The van der Waals surface area contributed by atoms with Gasteiger partial charge in [0.15, 0.2) is 0 Å². The average Bonchev–Trinajstić information content (AvgIpc) is 2.17. The van der Waals surface area contributed by atoms with Gasteiger partial charge in [-0.05, 0) is 30.9 Å². The van der Waals surface area contributed by atoms with Crippen molar-refractivity contribution in [3.63, 3.8) is 0 Å². The van der Waals surface area contributed by atoms with E-state index >= 15 is 0 Å². The van der Waals surface area contributed by atoms with Crippen molar-refractivity contribution < 1.29 is 0 Å². The maximum absolute atomic E-state index is 3.47. The van der Waals surface area contributed by atoms with E-state index in [9.17, 15) is 0 Å². The second-order valence-corrected chi connectivity index (χ2v) is 5.48. The van der Waals surface area contributed by atoms with Gasteiger partial charge in [-0.1, -0.05) is 38.1 Å². The molecule has 1 aliphatic rings. The molecular formula is C14H21N. The predicted octanol–water partition coefficient (Wildman–Crippen LogP) is 3.28. The van der Waals surface area contributed by atoms with Crippen LogP contribution in [0.15, 0.2) is 24.3 Å². The molecule has 0 aromatic heterocycles. The third kappa shape index (κ3) is 1.93. The highest BCUT2D eigenvalue weighted by atomic mass is 15.1. The number of benzene rings is 1. The Kier molecular flexibility index (Phi) is 2.59. The van der Waals surface area contributed by atoms with Crippen LogP contribution in [0.2, 0.25) is 0 Å². The van der Waals surface area contributed by atoms with E-state index < -0.39 is 0 Å². The maximum Gasteiger partial charge on any atom is 0.0206 e. The number of rotatable bonds is 2. The van der Waals surface area contributed by atoms with E-state index in [0.717, 1.165) is 6.54 Å². The molecule has 1 aromatic carbocycles. The quantitative estimate of drug-likeness (QED) is 0.778. The molecular weight excluding hydrogens is 182 g/mol. The summed E-state index contributed by atoms with van der Waals surface area (Å²) in [5.41, 5.74) is 3.19. The molecule has 0 spiro atoms. The normalized spacial score (nSPS) is 23.9. The first kappa shape index (κ1) is 10.7. The first-order valence-electron chi connectivity index (χ1n) is 5.85. The zero-order valence-electron chi connectivity index (χ0n) is 10.2. The Morgan fingerprint density at radius 3 is 2.13 bits per heavy atom. The highest BCUT2D eigenvalue weighted by Gasteiger charge is 2.38. The minimum Gasteiger partial charge on any atom is -0.310 e. The molecule has 1 aliphatic heterocycles. The van der Waals surface area contributed by atoms with Gasteiger partial charge in [-0.2, -0.15) is 0 Å². The lowest BCUT2D eigenvalue weighted by molar-refractivity contribution is 0.208. The molecule has 1 nitrogen and oxygen atoms in total. The third-order valence-corrected chi connectivity index (χ3v) is 3.64. The van der Waals surface area contributed by atoms with Crippen molar-refractivity contribution in [3.8, 4) is 0 Å². The van der Waals surface area contributed by atoms with Crippen LogP contribution in [0, 0.1) is 0 Å². The van der Waals surface area contributed by atoms with E-state index in [0.29, 0.717) is 11.8 Å². The summed E-state index contributed by atoms with van der Waals surface area (Å²) in [7, 11) is 0. The summed E-state index contributed by atoms with van der Waals surface area (Å²) in [4.78, 5) is 0. The van der Waals surface area contributed by atoms with Crippen molar-refractivity contribution in [1.29, 1.82) is 0 Å². The van der Waals surface area contributed by atoms with E-state index in [2.05, 4.69) is 57.3 Å².